The molecule has 1 heteroatoms. The van der Waals surface area contributed by atoms with Gasteiger partial charge in [-0.15, -0.1) is 11.8 Å². The second-order valence-electron chi connectivity index (χ2n) is 3.62. The molecule has 0 N–H and O–H groups in total. The minimum absolute atomic E-state index is 0.865. The average Bonchev–Trinajstić information content (AvgIpc) is 2.21. The molecular weight excluding hydrogens is 176 g/mol. The number of benzene rings is 1. The van der Waals surface area contributed by atoms with Gasteiger partial charge in [-0.3, -0.25) is 0 Å². The SMILES string of the molecule is [c]1cccc(SC2CCCCC2)c1. The third-order valence-electron chi connectivity index (χ3n) is 2.53. The maximum atomic E-state index is 3.13. The van der Waals surface area contributed by atoms with Crippen LogP contribution in [0, 0.1) is 6.07 Å². The van der Waals surface area contributed by atoms with Crippen LogP contribution in [0.3, 0.4) is 0 Å². The lowest BCUT2D eigenvalue weighted by Gasteiger charge is -2.20. The predicted octanol–water partition coefficient (Wildman–Crippen LogP) is 3.91. The third-order valence-corrected chi connectivity index (χ3v) is 3.86. The first-order valence-electron chi connectivity index (χ1n) is 5.08. The van der Waals surface area contributed by atoms with Crippen molar-refractivity contribution < 1.29 is 0 Å². The molecule has 0 bridgehead atoms. The van der Waals surface area contributed by atoms with Crippen molar-refractivity contribution in [1.82, 2.24) is 0 Å². The molecule has 69 valence electrons. The Labute approximate surface area is 84.7 Å². The minimum atomic E-state index is 0.865. The average molecular weight is 191 g/mol. The van der Waals surface area contributed by atoms with E-state index in [1.807, 2.05) is 17.8 Å². The zero-order valence-electron chi connectivity index (χ0n) is 7.83. The summed E-state index contributed by atoms with van der Waals surface area (Å²) in [7, 11) is 0. The van der Waals surface area contributed by atoms with Crippen molar-refractivity contribution in [2.45, 2.75) is 42.2 Å². The summed E-state index contributed by atoms with van der Waals surface area (Å²) in [5.74, 6) is 0. The van der Waals surface area contributed by atoms with Gasteiger partial charge in [0.25, 0.3) is 0 Å². The van der Waals surface area contributed by atoms with Crippen LogP contribution in [0.2, 0.25) is 0 Å². The summed E-state index contributed by atoms with van der Waals surface area (Å²) >= 11 is 2.03. The molecule has 0 nitrogen and oxygen atoms in total. The summed E-state index contributed by atoms with van der Waals surface area (Å²) < 4.78 is 0. The lowest BCUT2D eigenvalue weighted by Crippen LogP contribution is -2.07. The van der Waals surface area contributed by atoms with E-state index in [4.69, 9.17) is 0 Å². The van der Waals surface area contributed by atoms with Crippen LogP contribution in [-0.4, -0.2) is 5.25 Å². The van der Waals surface area contributed by atoms with Crippen molar-refractivity contribution in [2.24, 2.45) is 0 Å². The maximum Gasteiger partial charge on any atom is 0.00944 e. The molecule has 13 heavy (non-hydrogen) atoms. The number of hydrogen-bond acceptors (Lipinski definition) is 1. The normalized spacial score (nSPS) is 18.8. The Morgan fingerprint density at radius 3 is 2.77 bits per heavy atom. The Hall–Kier alpha value is -0.430. The molecule has 2 rings (SSSR count). The van der Waals surface area contributed by atoms with Gasteiger partial charge in [0.15, 0.2) is 0 Å². The van der Waals surface area contributed by atoms with E-state index in [-0.39, 0.29) is 0 Å². The van der Waals surface area contributed by atoms with Gasteiger partial charge in [-0.25, -0.2) is 0 Å². The summed E-state index contributed by atoms with van der Waals surface area (Å²) in [6.07, 6.45) is 7.10. The summed E-state index contributed by atoms with van der Waals surface area (Å²) in [5.41, 5.74) is 0. The molecule has 1 aliphatic carbocycles. The van der Waals surface area contributed by atoms with E-state index in [2.05, 4.69) is 24.3 Å². The van der Waals surface area contributed by atoms with E-state index in [9.17, 15) is 0 Å². The highest BCUT2D eigenvalue weighted by Crippen LogP contribution is 2.32. The molecular formula is C12H15S. The molecule has 1 fully saturated rings. The van der Waals surface area contributed by atoms with E-state index >= 15 is 0 Å². The molecule has 0 amide bonds. The third kappa shape index (κ3) is 2.77. The van der Waals surface area contributed by atoms with Gasteiger partial charge in [0.1, 0.15) is 0 Å². The molecule has 1 radical (unpaired) electrons. The smallest absolute Gasteiger partial charge is 0.00944 e. The first-order chi connectivity index (χ1) is 6.45. The minimum Gasteiger partial charge on any atom is -0.123 e. The summed E-state index contributed by atoms with van der Waals surface area (Å²) in [4.78, 5) is 1.38. The topological polar surface area (TPSA) is 0 Å². The first kappa shape index (κ1) is 9.14. The standard InChI is InChI=1S/C12H15S/c1-3-7-11(8-4-1)13-12-9-5-2-6-10-12/h1,3,7-8,12H,2,5-6,9-10H2. The van der Waals surface area contributed by atoms with E-state index in [1.54, 1.807) is 0 Å². The van der Waals surface area contributed by atoms with Crippen LogP contribution in [-0.2, 0) is 0 Å². The van der Waals surface area contributed by atoms with Crippen LogP contribution in [0.5, 0.6) is 0 Å². The van der Waals surface area contributed by atoms with Crippen molar-refractivity contribution in [3.05, 3.63) is 30.3 Å². The molecule has 1 saturated carbocycles. The number of hydrogen-bond donors (Lipinski definition) is 0. The zero-order valence-corrected chi connectivity index (χ0v) is 8.65. The van der Waals surface area contributed by atoms with Crippen molar-refractivity contribution in [3.8, 4) is 0 Å². The summed E-state index contributed by atoms with van der Waals surface area (Å²) in [6.45, 7) is 0. The van der Waals surface area contributed by atoms with Gasteiger partial charge in [0, 0.05) is 10.1 Å². The summed E-state index contributed by atoms with van der Waals surface area (Å²) in [5, 5.41) is 0.865. The van der Waals surface area contributed by atoms with Crippen molar-refractivity contribution in [3.63, 3.8) is 0 Å². The molecule has 0 heterocycles. The van der Waals surface area contributed by atoms with Crippen LogP contribution in [0.4, 0.5) is 0 Å². The fraction of sp³-hybridized carbons (Fsp3) is 0.500. The van der Waals surface area contributed by atoms with Gasteiger partial charge >= 0.3 is 0 Å². The monoisotopic (exact) mass is 191 g/mol. The molecule has 0 spiro atoms. The first-order valence-corrected chi connectivity index (χ1v) is 5.96. The second-order valence-corrected chi connectivity index (χ2v) is 4.99. The molecule has 1 aromatic carbocycles. The van der Waals surface area contributed by atoms with Crippen LogP contribution in [0.25, 0.3) is 0 Å². The van der Waals surface area contributed by atoms with Gasteiger partial charge in [-0.1, -0.05) is 31.4 Å². The van der Waals surface area contributed by atoms with Crippen LogP contribution >= 0.6 is 11.8 Å². The lowest BCUT2D eigenvalue weighted by molar-refractivity contribution is 0.516. The Bertz CT molecular complexity index is 237. The Morgan fingerprint density at radius 1 is 1.23 bits per heavy atom. The van der Waals surface area contributed by atoms with Crippen molar-refractivity contribution in [1.29, 1.82) is 0 Å². The quantitative estimate of drug-likeness (QED) is 0.683. The Balaban J connectivity index is 1.90. The molecule has 0 aromatic heterocycles. The number of rotatable bonds is 2. The fourth-order valence-electron chi connectivity index (χ4n) is 1.83. The second kappa shape index (κ2) is 4.71. The molecule has 1 aromatic rings. The van der Waals surface area contributed by atoms with Crippen molar-refractivity contribution in [2.75, 3.05) is 0 Å². The molecule has 0 unspecified atom stereocenters. The fourth-order valence-corrected chi connectivity index (χ4v) is 3.07. The van der Waals surface area contributed by atoms with Gasteiger partial charge in [-0.2, -0.15) is 0 Å². The Morgan fingerprint density at radius 2 is 2.08 bits per heavy atom. The predicted molar refractivity (Wildman–Crippen MR) is 58.0 cm³/mol. The van der Waals surface area contributed by atoms with Crippen molar-refractivity contribution >= 4 is 11.8 Å². The molecule has 1 aliphatic rings. The van der Waals surface area contributed by atoms with Gasteiger partial charge in [-0.05, 0) is 31.0 Å². The lowest BCUT2D eigenvalue weighted by atomic mass is 10.0. The van der Waals surface area contributed by atoms with Gasteiger partial charge < -0.3 is 0 Å². The summed E-state index contributed by atoms with van der Waals surface area (Å²) in [6, 6.07) is 11.5. The number of thioether (sulfide) groups is 1. The maximum absolute atomic E-state index is 3.13. The Kier molecular flexibility index (Phi) is 3.31. The highest BCUT2D eigenvalue weighted by Gasteiger charge is 2.13. The largest absolute Gasteiger partial charge is 0.123 e. The highest BCUT2D eigenvalue weighted by atomic mass is 32.2. The van der Waals surface area contributed by atoms with E-state index < -0.39 is 0 Å². The van der Waals surface area contributed by atoms with Crippen LogP contribution < -0.4 is 0 Å². The highest BCUT2D eigenvalue weighted by molar-refractivity contribution is 8.00. The molecule has 0 saturated heterocycles. The molecule has 0 atom stereocenters. The van der Waals surface area contributed by atoms with E-state index in [1.165, 1.54) is 37.0 Å². The van der Waals surface area contributed by atoms with E-state index in [0.29, 0.717) is 0 Å². The zero-order chi connectivity index (χ0) is 8.93. The van der Waals surface area contributed by atoms with E-state index in [0.717, 1.165) is 5.25 Å². The van der Waals surface area contributed by atoms with Gasteiger partial charge in [0.2, 0.25) is 0 Å². The van der Waals surface area contributed by atoms with Gasteiger partial charge in [0.05, 0.1) is 0 Å². The van der Waals surface area contributed by atoms with Crippen LogP contribution in [0.15, 0.2) is 29.2 Å². The van der Waals surface area contributed by atoms with Crippen LogP contribution in [0.1, 0.15) is 32.1 Å². The molecule has 0 aliphatic heterocycles.